The van der Waals surface area contributed by atoms with E-state index in [1.807, 2.05) is 49.4 Å². The molecule has 3 heterocycles. The fourth-order valence-corrected chi connectivity index (χ4v) is 3.45. The van der Waals surface area contributed by atoms with Crippen molar-refractivity contribution in [3.05, 3.63) is 71.3 Å². The minimum Gasteiger partial charge on any atom is -0.382 e. The third-order valence-electron chi connectivity index (χ3n) is 4.61. The van der Waals surface area contributed by atoms with Gasteiger partial charge in [0.2, 0.25) is 0 Å². The number of fused-ring (bicyclic) bond motifs is 1. The van der Waals surface area contributed by atoms with E-state index in [4.69, 9.17) is 17.3 Å². The molecule has 0 aliphatic heterocycles. The Morgan fingerprint density at radius 2 is 1.97 bits per heavy atom. The summed E-state index contributed by atoms with van der Waals surface area (Å²) in [7, 11) is 0. The Morgan fingerprint density at radius 3 is 2.72 bits per heavy atom. The van der Waals surface area contributed by atoms with Crippen molar-refractivity contribution in [1.29, 1.82) is 5.26 Å². The number of halogens is 1. The average molecular weight is 402 g/mol. The molecule has 29 heavy (non-hydrogen) atoms. The molecule has 0 aliphatic rings. The Labute approximate surface area is 172 Å². The van der Waals surface area contributed by atoms with E-state index in [9.17, 15) is 5.26 Å². The molecule has 0 saturated carbocycles. The van der Waals surface area contributed by atoms with Crippen molar-refractivity contribution in [2.45, 2.75) is 13.0 Å². The normalized spacial score (nSPS) is 11.8. The first-order valence-corrected chi connectivity index (χ1v) is 9.23. The number of pyridine rings is 2. The number of hydrogen-bond acceptors (Lipinski definition) is 7. The summed E-state index contributed by atoms with van der Waals surface area (Å²) in [6, 6.07) is 13.2. The number of aromatic nitrogens is 4. The van der Waals surface area contributed by atoms with Crippen molar-refractivity contribution >= 4 is 34.1 Å². The molecule has 0 aliphatic carbocycles. The Bertz CT molecular complexity index is 1240. The van der Waals surface area contributed by atoms with E-state index in [1.165, 1.54) is 6.33 Å². The highest BCUT2D eigenvalue weighted by Crippen LogP contribution is 2.36. The summed E-state index contributed by atoms with van der Waals surface area (Å²) in [6.07, 6.45) is 4.84. The van der Waals surface area contributed by atoms with Gasteiger partial charge >= 0.3 is 0 Å². The zero-order chi connectivity index (χ0) is 20.4. The maximum Gasteiger partial charge on any atom is 0.150 e. The third-order valence-corrected chi connectivity index (χ3v) is 4.91. The number of nitrogens with zero attached hydrogens (tertiary/aromatic N) is 5. The molecule has 1 unspecified atom stereocenters. The monoisotopic (exact) mass is 401 g/mol. The SMILES string of the molecule is CC(Nc1ncnc(N)c1C#N)c1cnc2c(Cl)cccc2c1-c1ccccn1. The van der Waals surface area contributed by atoms with Gasteiger partial charge in [-0.1, -0.05) is 29.8 Å². The molecular weight excluding hydrogens is 386 g/mol. The molecule has 4 aromatic rings. The quantitative estimate of drug-likeness (QED) is 0.522. The molecule has 0 saturated heterocycles. The molecule has 1 aromatic carbocycles. The van der Waals surface area contributed by atoms with E-state index in [2.05, 4.69) is 25.3 Å². The second kappa shape index (κ2) is 7.70. The van der Waals surface area contributed by atoms with Gasteiger partial charge in [-0.05, 0) is 25.1 Å². The summed E-state index contributed by atoms with van der Waals surface area (Å²) < 4.78 is 0. The van der Waals surface area contributed by atoms with Crippen LogP contribution in [0.2, 0.25) is 5.02 Å². The van der Waals surface area contributed by atoms with Gasteiger partial charge in [0.1, 0.15) is 29.6 Å². The lowest BCUT2D eigenvalue weighted by atomic mass is 9.96. The number of hydrogen-bond donors (Lipinski definition) is 2. The van der Waals surface area contributed by atoms with Gasteiger partial charge in [-0.3, -0.25) is 9.97 Å². The molecule has 0 bridgehead atoms. The van der Waals surface area contributed by atoms with Gasteiger partial charge in [-0.25, -0.2) is 9.97 Å². The number of nitrogens with two attached hydrogens (primary N) is 1. The molecule has 1 atom stereocenters. The molecule has 3 N–H and O–H groups in total. The van der Waals surface area contributed by atoms with Crippen molar-refractivity contribution in [2.24, 2.45) is 0 Å². The predicted molar refractivity (Wildman–Crippen MR) is 113 cm³/mol. The second-order valence-corrected chi connectivity index (χ2v) is 6.81. The zero-order valence-electron chi connectivity index (χ0n) is 15.5. The summed E-state index contributed by atoms with van der Waals surface area (Å²) in [5, 5.41) is 14.1. The van der Waals surface area contributed by atoms with Crippen LogP contribution in [0.25, 0.3) is 22.2 Å². The standard InChI is InChI=1S/C21H16ClN7/c1-12(29-21-14(9-23)20(24)27-11-28-21)15-10-26-19-13(5-4-6-16(19)22)18(15)17-7-2-3-8-25-17/h2-8,10-12H,1H3,(H3,24,27,28,29). The van der Waals surface area contributed by atoms with Crippen molar-refractivity contribution in [1.82, 2.24) is 19.9 Å². The largest absolute Gasteiger partial charge is 0.382 e. The molecule has 142 valence electrons. The number of anilines is 2. The number of rotatable bonds is 4. The summed E-state index contributed by atoms with van der Waals surface area (Å²) in [6.45, 7) is 1.96. The van der Waals surface area contributed by atoms with Gasteiger partial charge < -0.3 is 11.1 Å². The molecule has 0 fully saturated rings. The van der Waals surface area contributed by atoms with Crippen LogP contribution >= 0.6 is 11.6 Å². The number of nitriles is 1. The molecule has 4 rings (SSSR count). The number of nitrogens with one attached hydrogen (secondary N) is 1. The zero-order valence-corrected chi connectivity index (χ0v) is 16.2. The number of para-hydroxylation sites is 1. The van der Waals surface area contributed by atoms with Crippen LogP contribution in [-0.4, -0.2) is 19.9 Å². The van der Waals surface area contributed by atoms with Crippen molar-refractivity contribution in [3.63, 3.8) is 0 Å². The van der Waals surface area contributed by atoms with Crippen molar-refractivity contribution in [2.75, 3.05) is 11.1 Å². The Balaban J connectivity index is 1.88. The van der Waals surface area contributed by atoms with Gasteiger partial charge in [0.25, 0.3) is 0 Å². The van der Waals surface area contributed by atoms with E-state index in [1.54, 1.807) is 12.4 Å². The molecule has 0 spiro atoms. The van der Waals surface area contributed by atoms with Gasteiger partial charge in [0.05, 0.1) is 22.3 Å². The van der Waals surface area contributed by atoms with E-state index in [-0.39, 0.29) is 17.4 Å². The topological polar surface area (TPSA) is 113 Å². The van der Waals surface area contributed by atoms with E-state index in [0.717, 1.165) is 22.2 Å². The Kier molecular flexibility index (Phi) is 4.94. The average Bonchev–Trinajstić information content (AvgIpc) is 2.74. The van der Waals surface area contributed by atoms with Crippen LogP contribution in [0.15, 0.2) is 55.1 Å². The van der Waals surface area contributed by atoms with Crippen LogP contribution in [0.5, 0.6) is 0 Å². The summed E-state index contributed by atoms with van der Waals surface area (Å²) in [4.78, 5) is 17.1. The van der Waals surface area contributed by atoms with Crippen molar-refractivity contribution < 1.29 is 0 Å². The molecule has 0 radical (unpaired) electrons. The second-order valence-electron chi connectivity index (χ2n) is 6.40. The van der Waals surface area contributed by atoms with E-state index < -0.39 is 0 Å². The van der Waals surface area contributed by atoms with E-state index >= 15 is 0 Å². The van der Waals surface area contributed by atoms with Crippen LogP contribution in [0.3, 0.4) is 0 Å². The van der Waals surface area contributed by atoms with Crippen LogP contribution in [-0.2, 0) is 0 Å². The van der Waals surface area contributed by atoms with Crippen LogP contribution in [0.4, 0.5) is 11.6 Å². The van der Waals surface area contributed by atoms with Crippen LogP contribution in [0, 0.1) is 11.3 Å². The smallest absolute Gasteiger partial charge is 0.150 e. The lowest BCUT2D eigenvalue weighted by Crippen LogP contribution is -2.13. The highest BCUT2D eigenvalue weighted by molar-refractivity contribution is 6.35. The van der Waals surface area contributed by atoms with Crippen LogP contribution in [0.1, 0.15) is 24.1 Å². The molecule has 8 heteroatoms. The Hall–Kier alpha value is -3.76. The lowest BCUT2D eigenvalue weighted by molar-refractivity contribution is 0.867. The third kappa shape index (κ3) is 3.42. The minimum absolute atomic E-state index is 0.130. The first-order valence-electron chi connectivity index (χ1n) is 8.85. The first-order chi connectivity index (χ1) is 14.1. The molecule has 7 nitrogen and oxygen atoms in total. The maximum atomic E-state index is 9.40. The first kappa shape index (κ1) is 18.6. The van der Waals surface area contributed by atoms with Gasteiger partial charge in [0.15, 0.2) is 0 Å². The van der Waals surface area contributed by atoms with Gasteiger partial charge in [0, 0.05) is 28.9 Å². The van der Waals surface area contributed by atoms with Crippen LogP contribution < -0.4 is 11.1 Å². The molecular formula is C21H16ClN7. The maximum absolute atomic E-state index is 9.40. The summed E-state index contributed by atoms with van der Waals surface area (Å²) in [5.74, 6) is 0.497. The fraction of sp³-hybridized carbons (Fsp3) is 0.0952. The summed E-state index contributed by atoms with van der Waals surface area (Å²) in [5.41, 5.74) is 9.32. The highest BCUT2D eigenvalue weighted by atomic mass is 35.5. The summed E-state index contributed by atoms with van der Waals surface area (Å²) >= 11 is 6.37. The Morgan fingerprint density at radius 1 is 1.10 bits per heavy atom. The molecule has 0 amide bonds. The van der Waals surface area contributed by atoms with Gasteiger partial charge in [-0.2, -0.15) is 5.26 Å². The fourth-order valence-electron chi connectivity index (χ4n) is 3.23. The number of benzene rings is 1. The highest BCUT2D eigenvalue weighted by Gasteiger charge is 2.20. The number of nitrogen functional groups attached to an aromatic ring is 1. The molecule has 3 aromatic heterocycles. The minimum atomic E-state index is -0.246. The van der Waals surface area contributed by atoms with Crippen molar-refractivity contribution in [3.8, 4) is 17.3 Å². The van der Waals surface area contributed by atoms with Gasteiger partial charge in [-0.15, -0.1) is 0 Å². The van der Waals surface area contributed by atoms with E-state index in [0.29, 0.717) is 16.4 Å². The predicted octanol–water partition coefficient (Wildman–Crippen LogP) is 4.37. The lowest BCUT2D eigenvalue weighted by Gasteiger charge is -2.20.